The predicted molar refractivity (Wildman–Crippen MR) is 27.9 cm³/mol. The van der Waals surface area contributed by atoms with E-state index in [1.54, 1.807) is 0 Å². The van der Waals surface area contributed by atoms with Crippen LogP contribution in [0.15, 0.2) is 0 Å². The van der Waals surface area contributed by atoms with Gasteiger partial charge in [0.1, 0.15) is 0 Å². The van der Waals surface area contributed by atoms with Crippen molar-refractivity contribution in [3.05, 3.63) is 0 Å². The molecule has 0 aromatic rings. The number of carbonyl (C=O) groups is 1. The van der Waals surface area contributed by atoms with E-state index in [0.717, 1.165) is 0 Å². The van der Waals surface area contributed by atoms with E-state index < -0.39 is 19.4 Å². The second kappa shape index (κ2) is 7.03. The van der Waals surface area contributed by atoms with Crippen LogP contribution in [-0.4, -0.2) is 31.8 Å². The number of carboxylic acids is 1. The molecule has 9 heteroatoms. The largest absolute Gasteiger partial charge is 1.00 e. The minimum Gasteiger partial charge on any atom is -1.00 e. The van der Waals surface area contributed by atoms with Crippen molar-refractivity contribution in [2.24, 2.45) is 0 Å². The van der Waals surface area contributed by atoms with E-state index in [1.165, 1.54) is 0 Å². The quantitative estimate of drug-likeness (QED) is 0.262. The molecule has 0 saturated carbocycles. The molecule has 0 aromatic carbocycles. The Morgan fingerprint density at radius 2 is 1.64 bits per heavy atom. The molecule has 58 valence electrons. The average Bonchev–Trinajstić information content (AvgIpc) is 1.62. The van der Waals surface area contributed by atoms with Crippen LogP contribution >= 0.6 is 7.60 Å². The van der Waals surface area contributed by atoms with E-state index in [2.05, 4.69) is 0 Å². The molecule has 0 radical (unpaired) electrons. The van der Waals surface area contributed by atoms with Crippen molar-refractivity contribution in [3.8, 4) is 0 Å². The summed E-state index contributed by atoms with van der Waals surface area (Å²) < 4.78 is 9.84. The van der Waals surface area contributed by atoms with E-state index in [-0.39, 0.29) is 62.0 Å². The molecule has 0 fully saturated rings. The second-order valence-electron chi connectivity index (χ2n) is 1.30. The summed E-state index contributed by atoms with van der Waals surface area (Å²) in [6.07, 6.45) is 0. The Hall–Kier alpha value is 1.58. The van der Waals surface area contributed by atoms with E-state index in [1.807, 2.05) is 0 Å². The summed E-state index contributed by atoms with van der Waals surface area (Å²) in [5.74, 6) is -4.53. The van der Waals surface area contributed by atoms with Gasteiger partial charge in [0.25, 0.3) is 5.85 Å². The van der Waals surface area contributed by atoms with Crippen LogP contribution < -0.4 is 59.1 Å². The summed E-state index contributed by atoms with van der Waals surface area (Å²) in [5.41, 5.74) is 0. The zero-order valence-electron chi connectivity index (χ0n) is 8.13. The Morgan fingerprint density at radius 1 is 1.36 bits per heavy atom. The van der Waals surface area contributed by atoms with Crippen molar-refractivity contribution in [1.82, 2.24) is 0 Å². The maximum atomic E-state index is 9.84. The normalized spacial score (nSPS) is 12.3. The third kappa shape index (κ3) is 7.93. The molecule has 11 heavy (non-hydrogen) atoms. The number of aliphatic hydroxyl groups is 1. The first-order chi connectivity index (χ1) is 3.85. The van der Waals surface area contributed by atoms with Gasteiger partial charge < -0.3 is 22.9 Å². The van der Waals surface area contributed by atoms with Gasteiger partial charge in [-0.25, -0.2) is 4.79 Å². The molecular formula is C2H7Na2O6P. The summed E-state index contributed by atoms with van der Waals surface area (Å²) in [6, 6.07) is 0. The standard InChI is InChI=1S/C2H5O6P.2Na.2H/c3-1(4)2(5)9(6,7)8;;;;/h2,5H,(H,3,4)(H2,6,7,8);;;;/q;2*+1;2*-1. The van der Waals surface area contributed by atoms with Gasteiger partial charge in [-0.1, -0.05) is 0 Å². The molecule has 0 bridgehead atoms. The third-order valence-electron chi connectivity index (χ3n) is 0.539. The van der Waals surface area contributed by atoms with Crippen LogP contribution in [0.25, 0.3) is 0 Å². The summed E-state index contributed by atoms with van der Waals surface area (Å²) in [4.78, 5) is 25.5. The minimum absolute atomic E-state index is 0. The van der Waals surface area contributed by atoms with Crippen LogP contribution in [-0.2, 0) is 9.36 Å². The summed E-state index contributed by atoms with van der Waals surface area (Å²) in [5, 5.41) is 15.9. The zero-order valence-corrected chi connectivity index (χ0v) is 11.0. The fourth-order valence-corrected chi connectivity index (χ4v) is 0.432. The van der Waals surface area contributed by atoms with Gasteiger partial charge in [-0.15, -0.1) is 0 Å². The SMILES string of the molecule is O=C(O)C(O)P(=O)(O)O.[H-].[H-].[Na+].[Na+]. The molecule has 0 aliphatic rings. The second-order valence-corrected chi connectivity index (χ2v) is 2.97. The van der Waals surface area contributed by atoms with Crippen LogP contribution in [0.1, 0.15) is 2.85 Å². The maximum absolute atomic E-state index is 9.84. The molecule has 6 nitrogen and oxygen atoms in total. The van der Waals surface area contributed by atoms with Gasteiger partial charge in [-0.05, 0) is 0 Å². The van der Waals surface area contributed by atoms with Gasteiger partial charge in [-0.3, -0.25) is 4.57 Å². The monoisotopic (exact) mass is 204 g/mol. The Kier molecular flexibility index (Phi) is 11.7. The number of aliphatic carboxylic acids is 1. The number of rotatable bonds is 2. The fourth-order valence-electron chi connectivity index (χ4n) is 0.144. The molecule has 4 N–H and O–H groups in total. The zero-order chi connectivity index (χ0) is 7.65. The summed E-state index contributed by atoms with van der Waals surface area (Å²) >= 11 is 0. The van der Waals surface area contributed by atoms with Crippen molar-refractivity contribution in [2.45, 2.75) is 5.85 Å². The number of carboxylic acid groups (broad SMARTS) is 1. The molecule has 0 aliphatic carbocycles. The van der Waals surface area contributed by atoms with Crippen molar-refractivity contribution in [3.63, 3.8) is 0 Å². The first-order valence-corrected chi connectivity index (χ1v) is 3.50. The topological polar surface area (TPSA) is 115 Å². The van der Waals surface area contributed by atoms with Crippen LogP contribution in [0, 0.1) is 0 Å². The first kappa shape index (κ1) is 18.4. The van der Waals surface area contributed by atoms with E-state index >= 15 is 0 Å². The number of hydrogen-bond acceptors (Lipinski definition) is 3. The van der Waals surface area contributed by atoms with Crippen LogP contribution in [0.5, 0.6) is 0 Å². The van der Waals surface area contributed by atoms with Crippen LogP contribution in [0.4, 0.5) is 0 Å². The third-order valence-corrected chi connectivity index (χ3v) is 1.40. The Balaban J connectivity index is -0.0000000533. The van der Waals surface area contributed by atoms with Crippen LogP contribution in [0.2, 0.25) is 0 Å². The molecule has 0 aromatic heterocycles. The maximum Gasteiger partial charge on any atom is 1.00 e. The van der Waals surface area contributed by atoms with Crippen molar-refractivity contribution in [2.75, 3.05) is 0 Å². The van der Waals surface area contributed by atoms with Crippen LogP contribution in [0.3, 0.4) is 0 Å². The fraction of sp³-hybridized carbons (Fsp3) is 0.500. The summed E-state index contributed by atoms with van der Waals surface area (Å²) in [7, 11) is -4.86. The predicted octanol–water partition coefficient (Wildman–Crippen LogP) is -7.20. The Bertz CT molecular complexity index is 172. The van der Waals surface area contributed by atoms with Crippen molar-refractivity contribution < 1.29 is 91.3 Å². The van der Waals surface area contributed by atoms with E-state index in [4.69, 9.17) is 20.0 Å². The Morgan fingerprint density at radius 3 is 1.64 bits per heavy atom. The van der Waals surface area contributed by atoms with Crippen molar-refractivity contribution in [1.29, 1.82) is 0 Å². The van der Waals surface area contributed by atoms with E-state index in [9.17, 15) is 9.36 Å². The van der Waals surface area contributed by atoms with Gasteiger partial charge >= 0.3 is 72.7 Å². The molecule has 0 spiro atoms. The van der Waals surface area contributed by atoms with Gasteiger partial charge in [-0.2, -0.15) is 0 Å². The molecule has 0 rings (SSSR count). The summed E-state index contributed by atoms with van der Waals surface area (Å²) in [6.45, 7) is 0. The van der Waals surface area contributed by atoms with Gasteiger partial charge in [0, 0.05) is 0 Å². The average molecular weight is 204 g/mol. The molecule has 0 amide bonds. The molecular weight excluding hydrogens is 197 g/mol. The number of aliphatic hydroxyl groups excluding tert-OH is 1. The first-order valence-electron chi connectivity index (χ1n) is 1.82. The van der Waals surface area contributed by atoms with E-state index in [0.29, 0.717) is 0 Å². The minimum atomic E-state index is -4.86. The van der Waals surface area contributed by atoms with Gasteiger partial charge in [0.2, 0.25) is 0 Å². The molecule has 0 saturated heterocycles. The van der Waals surface area contributed by atoms with Gasteiger partial charge in [0.05, 0.1) is 0 Å². The number of hydrogen-bond donors (Lipinski definition) is 4. The molecule has 1 unspecified atom stereocenters. The smallest absolute Gasteiger partial charge is 1.00 e. The molecule has 0 heterocycles. The molecule has 1 atom stereocenters. The van der Waals surface area contributed by atoms with Gasteiger partial charge in [0.15, 0.2) is 0 Å². The van der Waals surface area contributed by atoms with Crippen molar-refractivity contribution >= 4 is 13.6 Å². The Labute approximate surface area is 110 Å². The molecule has 0 aliphatic heterocycles.